The lowest BCUT2D eigenvalue weighted by atomic mass is 10.2. The molecule has 0 radical (unpaired) electrons. The first-order chi connectivity index (χ1) is 4.59. The van der Waals surface area contributed by atoms with Crippen LogP contribution in [0.5, 0.6) is 0 Å². The third kappa shape index (κ3) is 10.2. The Kier molecular flexibility index (Phi) is 9.73. The minimum Gasteiger partial charge on any atom is -0.478 e. The molecule has 60 valence electrons. The molecule has 0 aliphatic carbocycles. The Bertz CT molecular complexity index is 110. The Morgan fingerprint density at radius 3 is 1.90 bits per heavy atom. The monoisotopic (exact) mass is 145 g/mol. The van der Waals surface area contributed by atoms with Crippen LogP contribution in [0.3, 0.4) is 0 Å². The molecule has 0 aromatic rings. The van der Waals surface area contributed by atoms with Crippen molar-refractivity contribution < 1.29 is 9.90 Å². The van der Waals surface area contributed by atoms with Gasteiger partial charge in [-0.25, -0.2) is 4.79 Å². The van der Waals surface area contributed by atoms with Crippen molar-refractivity contribution in [1.82, 2.24) is 0 Å². The summed E-state index contributed by atoms with van der Waals surface area (Å²) in [6.07, 6.45) is 0.523. The van der Waals surface area contributed by atoms with E-state index in [1.165, 1.54) is 0 Å². The van der Waals surface area contributed by atoms with E-state index in [2.05, 4.69) is 6.58 Å². The van der Waals surface area contributed by atoms with Gasteiger partial charge in [0, 0.05) is 5.57 Å². The second kappa shape index (κ2) is 8.17. The number of rotatable bonds is 2. The number of hydrogen-bond donors (Lipinski definition) is 2. The van der Waals surface area contributed by atoms with Gasteiger partial charge in [-0.2, -0.15) is 0 Å². The normalized spacial score (nSPS) is 7.50. The summed E-state index contributed by atoms with van der Waals surface area (Å²) in [6, 6.07) is 0. The number of nitrogens with two attached hydrogens (primary N) is 1. The number of aliphatic carboxylic acids is 1. The SMILES string of the molecule is C=C(CC)C(=O)O.CCN. The van der Waals surface area contributed by atoms with Crippen molar-refractivity contribution in [3.63, 3.8) is 0 Å². The molecule has 0 saturated carbocycles. The highest BCUT2D eigenvalue weighted by molar-refractivity contribution is 5.85. The molecule has 0 bridgehead atoms. The summed E-state index contributed by atoms with van der Waals surface area (Å²) in [5.74, 6) is -0.900. The topological polar surface area (TPSA) is 63.3 Å². The van der Waals surface area contributed by atoms with E-state index in [1.807, 2.05) is 6.92 Å². The van der Waals surface area contributed by atoms with E-state index in [-0.39, 0.29) is 5.57 Å². The highest BCUT2D eigenvalue weighted by Crippen LogP contribution is 1.93. The zero-order chi connectivity index (χ0) is 8.57. The molecule has 0 spiro atoms. The molecular formula is C7H15NO2. The fraction of sp³-hybridized carbons (Fsp3) is 0.571. The van der Waals surface area contributed by atoms with Crippen LogP contribution in [0.15, 0.2) is 12.2 Å². The maximum Gasteiger partial charge on any atom is 0.330 e. The van der Waals surface area contributed by atoms with Crippen molar-refractivity contribution in [1.29, 1.82) is 0 Å². The molecule has 3 nitrogen and oxygen atoms in total. The van der Waals surface area contributed by atoms with E-state index < -0.39 is 5.97 Å². The van der Waals surface area contributed by atoms with Gasteiger partial charge in [0.25, 0.3) is 0 Å². The van der Waals surface area contributed by atoms with Crippen LogP contribution < -0.4 is 5.73 Å². The van der Waals surface area contributed by atoms with Crippen LogP contribution in [0.2, 0.25) is 0 Å². The third-order valence-electron chi connectivity index (χ3n) is 0.729. The van der Waals surface area contributed by atoms with E-state index in [4.69, 9.17) is 10.8 Å². The first-order valence-corrected chi connectivity index (χ1v) is 3.21. The molecule has 0 rings (SSSR count). The number of carbonyl (C=O) groups is 1. The zero-order valence-corrected chi connectivity index (χ0v) is 6.55. The largest absolute Gasteiger partial charge is 0.478 e. The smallest absolute Gasteiger partial charge is 0.330 e. The fourth-order valence-corrected chi connectivity index (χ4v) is 0.151. The highest BCUT2D eigenvalue weighted by atomic mass is 16.4. The molecule has 0 fully saturated rings. The lowest BCUT2D eigenvalue weighted by Gasteiger charge is -1.87. The van der Waals surface area contributed by atoms with Crippen molar-refractivity contribution in [2.75, 3.05) is 6.54 Å². The number of carboxylic acid groups (broad SMARTS) is 1. The molecule has 0 aromatic carbocycles. The maximum atomic E-state index is 9.83. The second-order valence-electron chi connectivity index (χ2n) is 1.67. The van der Waals surface area contributed by atoms with Gasteiger partial charge in [0.1, 0.15) is 0 Å². The lowest BCUT2D eigenvalue weighted by Crippen LogP contribution is -1.95. The second-order valence-corrected chi connectivity index (χ2v) is 1.67. The maximum absolute atomic E-state index is 9.83. The molecule has 0 heterocycles. The molecule has 3 heteroatoms. The van der Waals surface area contributed by atoms with E-state index in [0.717, 1.165) is 6.54 Å². The van der Waals surface area contributed by atoms with E-state index >= 15 is 0 Å². The third-order valence-corrected chi connectivity index (χ3v) is 0.729. The Morgan fingerprint density at radius 1 is 1.60 bits per heavy atom. The average molecular weight is 145 g/mol. The molecule has 10 heavy (non-hydrogen) atoms. The molecule has 3 N–H and O–H groups in total. The van der Waals surface area contributed by atoms with Crippen molar-refractivity contribution in [3.05, 3.63) is 12.2 Å². The summed E-state index contributed by atoms with van der Waals surface area (Å²) >= 11 is 0. The van der Waals surface area contributed by atoms with Gasteiger partial charge in [-0.15, -0.1) is 0 Å². The van der Waals surface area contributed by atoms with E-state index in [9.17, 15) is 4.79 Å². The van der Waals surface area contributed by atoms with Gasteiger partial charge in [-0.3, -0.25) is 0 Å². The van der Waals surface area contributed by atoms with Gasteiger partial charge in [-0.1, -0.05) is 20.4 Å². The molecule has 0 aromatic heterocycles. The predicted molar refractivity (Wildman–Crippen MR) is 41.8 cm³/mol. The molecule has 0 aliphatic heterocycles. The Labute approximate surface area is 61.5 Å². The van der Waals surface area contributed by atoms with Crippen LogP contribution in [-0.2, 0) is 4.79 Å². The lowest BCUT2D eigenvalue weighted by molar-refractivity contribution is -0.132. The van der Waals surface area contributed by atoms with Crippen molar-refractivity contribution >= 4 is 5.97 Å². The first-order valence-electron chi connectivity index (χ1n) is 3.21. The van der Waals surface area contributed by atoms with Gasteiger partial charge < -0.3 is 10.8 Å². The van der Waals surface area contributed by atoms with Crippen LogP contribution in [0.25, 0.3) is 0 Å². The quantitative estimate of drug-likeness (QED) is 0.570. The molecule has 0 amide bonds. The Hall–Kier alpha value is -0.830. The van der Waals surface area contributed by atoms with Crippen LogP contribution in [0, 0.1) is 0 Å². The van der Waals surface area contributed by atoms with Gasteiger partial charge in [0.15, 0.2) is 0 Å². The standard InChI is InChI=1S/C5H8O2.C2H7N/c1-3-4(2)5(6)7;1-2-3/h2-3H2,1H3,(H,6,7);2-3H2,1H3. The predicted octanol–water partition coefficient (Wildman–Crippen LogP) is 1.00. The fourth-order valence-electron chi connectivity index (χ4n) is 0.151. The van der Waals surface area contributed by atoms with Crippen LogP contribution in [0.1, 0.15) is 20.3 Å². The Balaban J connectivity index is 0. The van der Waals surface area contributed by atoms with Gasteiger partial charge in [0.2, 0.25) is 0 Å². The summed E-state index contributed by atoms with van der Waals surface area (Å²) in [6.45, 7) is 7.69. The van der Waals surface area contributed by atoms with Crippen molar-refractivity contribution in [2.24, 2.45) is 5.73 Å². The van der Waals surface area contributed by atoms with Gasteiger partial charge in [-0.05, 0) is 13.0 Å². The first kappa shape index (κ1) is 11.9. The summed E-state index contributed by atoms with van der Waals surface area (Å²) in [5.41, 5.74) is 5.11. The van der Waals surface area contributed by atoms with E-state index in [0.29, 0.717) is 6.42 Å². The molecule has 0 aliphatic rings. The van der Waals surface area contributed by atoms with Crippen molar-refractivity contribution in [3.8, 4) is 0 Å². The summed E-state index contributed by atoms with van der Waals surface area (Å²) in [5, 5.41) is 8.08. The van der Waals surface area contributed by atoms with Crippen molar-refractivity contribution in [2.45, 2.75) is 20.3 Å². The minimum absolute atomic E-state index is 0.264. The van der Waals surface area contributed by atoms with Crippen LogP contribution in [0.4, 0.5) is 0 Å². The van der Waals surface area contributed by atoms with Crippen LogP contribution in [-0.4, -0.2) is 17.6 Å². The molecule has 0 unspecified atom stereocenters. The highest BCUT2D eigenvalue weighted by Gasteiger charge is 1.96. The van der Waals surface area contributed by atoms with Gasteiger partial charge in [0.05, 0.1) is 0 Å². The summed E-state index contributed by atoms with van der Waals surface area (Å²) in [7, 11) is 0. The number of carboxylic acids is 1. The number of hydrogen-bond acceptors (Lipinski definition) is 2. The molecule has 0 saturated heterocycles. The average Bonchev–Trinajstić information content (AvgIpc) is 1.88. The van der Waals surface area contributed by atoms with Gasteiger partial charge >= 0.3 is 5.97 Å². The summed E-state index contributed by atoms with van der Waals surface area (Å²) < 4.78 is 0. The molecule has 0 atom stereocenters. The summed E-state index contributed by atoms with van der Waals surface area (Å²) in [4.78, 5) is 9.83. The Morgan fingerprint density at radius 2 is 1.90 bits per heavy atom. The minimum atomic E-state index is -0.900. The zero-order valence-electron chi connectivity index (χ0n) is 6.55. The van der Waals surface area contributed by atoms with E-state index in [1.54, 1.807) is 6.92 Å². The molecular weight excluding hydrogens is 130 g/mol. The van der Waals surface area contributed by atoms with Crippen LogP contribution >= 0.6 is 0 Å².